The van der Waals surface area contributed by atoms with Gasteiger partial charge in [0.05, 0.1) is 11.4 Å². The lowest BCUT2D eigenvalue weighted by Crippen LogP contribution is -2.12. The third kappa shape index (κ3) is 5.42. The highest BCUT2D eigenvalue weighted by Crippen LogP contribution is 2.18. The highest BCUT2D eigenvalue weighted by Gasteiger charge is 2.11. The Balaban J connectivity index is 1.86. The number of carboxylic acid groups (broad SMARTS) is 1. The van der Waals surface area contributed by atoms with Crippen molar-refractivity contribution < 1.29 is 19.2 Å². The lowest BCUT2D eigenvalue weighted by atomic mass is 10.1. The number of hydrogen-bond donors (Lipinski definition) is 2. The number of rotatable bonds is 8. The zero-order chi connectivity index (χ0) is 17.5. The van der Waals surface area contributed by atoms with Gasteiger partial charge in [0.15, 0.2) is 0 Å². The van der Waals surface area contributed by atoms with Gasteiger partial charge in [-0.25, -0.2) is 0 Å². The van der Waals surface area contributed by atoms with Gasteiger partial charge in [0.2, 0.25) is 5.91 Å². The summed E-state index contributed by atoms with van der Waals surface area (Å²) in [7, 11) is 0. The van der Waals surface area contributed by atoms with Crippen molar-refractivity contribution in [1.82, 2.24) is 5.16 Å². The fourth-order valence-electron chi connectivity index (χ4n) is 2.32. The van der Waals surface area contributed by atoms with E-state index in [9.17, 15) is 9.59 Å². The molecule has 2 N–H and O–H groups in total. The number of amides is 1. The summed E-state index contributed by atoms with van der Waals surface area (Å²) in [5.41, 5.74) is 3.48. The van der Waals surface area contributed by atoms with Gasteiger partial charge in [-0.2, -0.15) is 0 Å². The van der Waals surface area contributed by atoms with Gasteiger partial charge in [0.25, 0.3) is 0 Å². The lowest BCUT2D eigenvalue weighted by Gasteiger charge is -2.07. The molecule has 7 heteroatoms. The van der Waals surface area contributed by atoms with E-state index in [1.807, 2.05) is 38.1 Å². The SMILES string of the molecule is Cc1noc(C)c1CCC(=O)Nc1cccc(CSCC(=O)O)c1. The van der Waals surface area contributed by atoms with Gasteiger partial charge < -0.3 is 14.9 Å². The number of aliphatic carboxylic acids is 1. The van der Waals surface area contributed by atoms with Crippen molar-refractivity contribution in [3.05, 3.63) is 46.8 Å². The zero-order valence-corrected chi connectivity index (χ0v) is 14.5. The Morgan fingerprint density at radius 3 is 2.79 bits per heavy atom. The molecule has 0 bridgehead atoms. The number of hydrogen-bond acceptors (Lipinski definition) is 5. The van der Waals surface area contributed by atoms with Crippen LogP contribution in [-0.4, -0.2) is 27.9 Å². The molecule has 1 heterocycles. The molecule has 6 nitrogen and oxygen atoms in total. The molecule has 0 saturated carbocycles. The minimum Gasteiger partial charge on any atom is -0.481 e. The summed E-state index contributed by atoms with van der Waals surface area (Å²) in [6.07, 6.45) is 0.933. The molecule has 1 aromatic carbocycles. The van der Waals surface area contributed by atoms with Crippen molar-refractivity contribution in [2.24, 2.45) is 0 Å². The molecule has 0 aliphatic carbocycles. The molecule has 2 aromatic rings. The van der Waals surface area contributed by atoms with E-state index in [-0.39, 0.29) is 11.7 Å². The molecule has 0 unspecified atom stereocenters. The van der Waals surface area contributed by atoms with E-state index >= 15 is 0 Å². The minimum atomic E-state index is -0.830. The first kappa shape index (κ1) is 18.1. The second-order valence-corrected chi connectivity index (χ2v) is 6.42. The molecular formula is C17H20N2O4S. The molecule has 0 atom stereocenters. The van der Waals surface area contributed by atoms with Crippen LogP contribution < -0.4 is 5.32 Å². The largest absolute Gasteiger partial charge is 0.481 e. The van der Waals surface area contributed by atoms with Crippen LogP contribution in [0, 0.1) is 13.8 Å². The molecule has 1 amide bonds. The first-order valence-corrected chi connectivity index (χ1v) is 8.71. The maximum atomic E-state index is 12.1. The molecule has 128 valence electrons. The highest BCUT2D eigenvalue weighted by molar-refractivity contribution is 7.99. The van der Waals surface area contributed by atoms with E-state index in [2.05, 4.69) is 10.5 Å². The number of carbonyl (C=O) groups excluding carboxylic acids is 1. The van der Waals surface area contributed by atoms with Crippen LogP contribution in [0.4, 0.5) is 5.69 Å². The first-order chi connectivity index (χ1) is 11.5. The molecule has 1 aromatic heterocycles. The summed E-state index contributed by atoms with van der Waals surface area (Å²) in [6, 6.07) is 7.44. The number of aromatic nitrogens is 1. The van der Waals surface area contributed by atoms with Crippen molar-refractivity contribution in [2.45, 2.75) is 32.4 Å². The fourth-order valence-corrected chi connectivity index (χ4v) is 3.01. The van der Waals surface area contributed by atoms with Crippen LogP contribution in [0.25, 0.3) is 0 Å². The number of carbonyl (C=O) groups is 2. The monoisotopic (exact) mass is 348 g/mol. The van der Waals surface area contributed by atoms with E-state index in [4.69, 9.17) is 9.63 Å². The van der Waals surface area contributed by atoms with Crippen molar-refractivity contribution >= 4 is 29.3 Å². The molecule has 0 spiro atoms. The van der Waals surface area contributed by atoms with Gasteiger partial charge in [0, 0.05) is 23.4 Å². The number of aryl methyl sites for hydroxylation is 2. The molecule has 24 heavy (non-hydrogen) atoms. The molecular weight excluding hydrogens is 328 g/mol. The molecule has 0 fully saturated rings. The minimum absolute atomic E-state index is 0.0635. The molecule has 0 aliphatic heterocycles. The maximum Gasteiger partial charge on any atom is 0.313 e. The number of nitrogens with one attached hydrogen (secondary N) is 1. The first-order valence-electron chi connectivity index (χ1n) is 7.56. The average molecular weight is 348 g/mol. The van der Waals surface area contributed by atoms with Crippen molar-refractivity contribution in [3.8, 4) is 0 Å². The third-order valence-electron chi connectivity index (χ3n) is 3.49. The third-order valence-corrected chi connectivity index (χ3v) is 4.48. The van der Waals surface area contributed by atoms with E-state index in [1.165, 1.54) is 11.8 Å². The van der Waals surface area contributed by atoms with Crippen LogP contribution in [0.15, 0.2) is 28.8 Å². The van der Waals surface area contributed by atoms with Crippen LogP contribution in [0.5, 0.6) is 0 Å². The Morgan fingerprint density at radius 2 is 2.12 bits per heavy atom. The molecule has 0 saturated heterocycles. The van der Waals surface area contributed by atoms with Crippen molar-refractivity contribution in [1.29, 1.82) is 0 Å². The standard InChI is InChI=1S/C17H20N2O4S/c1-11-15(12(2)23-19-11)6-7-16(20)18-14-5-3-4-13(8-14)9-24-10-17(21)22/h3-5,8H,6-7,9-10H2,1-2H3,(H,18,20)(H,21,22). The molecule has 0 aliphatic rings. The number of carboxylic acids is 1. The number of anilines is 1. The summed E-state index contributed by atoms with van der Waals surface area (Å²) >= 11 is 1.32. The van der Waals surface area contributed by atoms with Gasteiger partial charge in [0.1, 0.15) is 5.76 Å². The lowest BCUT2D eigenvalue weighted by molar-refractivity contribution is -0.133. The van der Waals surface area contributed by atoms with E-state index in [0.717, 1.165) is 22.6 Å². The Morgan fingerprint density at radius 1 is 1.33 bits per heavy atom. The Bertz CT molecular complexity index is 708. The maximum absolute atomic E-state index is 12.1. The van der Waals surface area contributed by atoms with Crippen LogP contribution in [-0.2, 0) is 21.8 Å². The van der Waals surface area contributed by atoms with Crippen molar-refractivity contribution in [2.75, 3.05) is 11.1 Å². The zero-order valence-electron chi connectivity index (χ0n) is 13.7. The van der Waals surface area contributed by atoms with Gasteiger partial charge in [-0.05, 0) is 38.0 Å². The van der Waals surface area contributed by atoms with Gasteiger partial charge in [-0.15, -0.1) is 11.8 Å². The quantitative estimate of drug-likeness (QED) is 0.761. The molecule has 0 radical (unpaired) electrons. The van der Waals surface area contributed by atoms with Crippen LogP contribution >= 0.6 is 11.8 Å². The van der Waals surface area contributed by atoms with Crippen LogP contribution in [0.1, 0.15) is 29.0 Å². The van der Waals surface area contributed by atoms with Crippen LogP contribution in [0.2, 0.25) is 0 Å². The van der Waals surface area contributed by atoms with Gasteiger partial charge in [-0.3, -0.25) is 9.59 Å². The van der Waals surface area contributed by atoms with Gasteiger partial charge in [-0.1, -0.05) is 17.3 Å². The number of thioether (sulfide) groups is 1. The number of nitrogens with zero attached hydrogens (tertiary/aromatic N) is 1. The summed E-state index contributed by atoms with van der Waals surface area (Å²) in [4.78, 5) is 22.6. The Labute approximate surface area is 144 Å². The summed E-state index contributed by atoms with van der Waals surface area (Å²) in [5, 5.41) is 15.4. The summed E-state index contributed by atoms with van der Waals surface area (Å²) < 4.78 is 5.09. The summed E-state index contributed by atoms with van der Waals surface area (Å²) in [6.45, 7) is 3.70. The second-order valence-electron chi connectivity index (χ2n) is 5.44. The predicted molar refractivity (Wildman–Crippen MR) is 93.2 cm³/mol. The molecule has 2 rings (SSSR count). The summed E-state index contributed by atoms with van der Waals surface area (Å²) in [5.74, 6) is 0.496. The highest BCUT2D eigenvalue weighted by atomic mass is 32.2. The van der Waals surface area contributed by atoms with E-state index in [0.29, 0.717) is 24.3 Å². The van der Waals surface area contributed by atoms with Gasteiger partial charge >= 0.3 is 5.97 Å². The topological polar surface area (TPSA) is 92.4 Å². The van der Waals surface area contributed by atoms with Crippen molar-refractivity contribution in [3.63, 3.8) is 0 Å². The smallest absolute Gasteiger partial charge is 0.313 e. The number of benzene rings is 1. The Kier molecular flexibility index (Phi) is 6.43. The second kappa shape index (κ2) is 8.54. The Hall–Kier alpha value is -2.28. The van der Waals surface area contributed by atoms with E-state index in [1.54, 1.807) is 0 Å². The normalized spacial score (nSPS) is 10.6. The van der Waals surface area contributed by atoms with Crippen LogP contribution in [0.3, 0.4) is 0 Å². The fraction of sp³-hybridized carbons (Fsp3) is 0.353. The predicted octanol–water partition coefficient (Wildman–Crippen LogP) is 3.18. The average Bonchev–Trinajstić information content (AvgIpc) is 2.84. The van der Waals surface area contributed by atoms with E-state index < -0.39 is 5.97 Å².